The monoisotopic (exact) mass is 310 g/mol. The fraction of sp³-hybridized carbons (Fsp3) is 0.438. The zero-order chi connectivity index (χ0) is 14.5. The summed E-state index contributed by atoms with van der Waals surface area (Å²) >= 11 is 12.4. The van der Waals surface area contributed by atoms with Gasteiger partial charge in [-0.2, -0.15) is 5.10 Å². The molecular weight excluding hydrogens is 291 g/mol. The van der Waals surface area contributed by atoms with Gasteiger partial charge in [0.15, 0.2) is 0 Å². The molecule has 0 aliphatic rings. The lowest BCUT2D eigenvalue weighted by Crippen LogP contribution is -2.14. The van der Waals surface area contributed by atoms with Crippen molar-refractivity contribution in [2.75, 3.05) is 5.88 Å². The van der Waals surface area contributed by atoms with E-state index in [2.05, 4.69) is 28.8 Å². The van der Waals surface area contributed by atoms with Gasteiger partial charge in [0, 0.05) is 23.1 Å². The van der Waals surface area contributed by atoms with E-state index in [0.717, 1.165) is 30.1 Å². The fourth-order valence-corrected chi connectivity index (χ4v) is 2.92. The smallest absolute Gasteiger partial charge is 0.0596 e. The first-order valence-electron chi connectivity index (χ1n) is 6.96. The van der Waals surface area contributed by atoms with E-state index in [1.807, 2.05) is 25.1 Å². The third-order valence-corrected chi connectivity index (χ3v) is 4.27. The molecule has 0 aliphatic heterocycles. The molecule has 0 aliphatic carbocycles. The van der Waals surface area contributed by atoms with Crippen LogP contribution >= 0.6 is 23.2 Å². The normalized spacial score (nSPS) is 12.6. The van der Waals surface area contributed by atoms with E-state index in [0.29, 0.717) is 11.8 Å². The lowest BCUT2D eigenvalue weighted by Gasteiger charge is -2.15. The van der Waals surface area contributed by atoms with E-state index in [1.54, 1.807) is 0 Å². The van der Waals surface area contributed by atoms with Gasteiger partial charge in [0.1, 0.15) is 0 Å². The molecule has 1 unspecified atom stereocenters. The van der Waals surface area contributed by atoms with Crippen LogP contribution in [0.15, 0.2) is 30.3 Å². The van der Waals surface area contributed by atoms with Gasteiger partial charge in [-0.25, -0.2) is 0 Å². The first-order chi connectivity index (χ1) is 9.63. The van der Waals surface area contributed by atoms with Crippen LogP contribution in [-0.2, 0) is 19.4 Å². The Kier molecular flexibility index (Phi) is 5.50. The Morgan fingerprint density at radius 3 is 2.65 bits per heavy atom. The average Bonchev–Trinajstić information content (AvgIpc) is 2.80. The molecule has 0 N–H and O–H groups in total. The molecule has 0 saturated carbocycles. The number of hydrogen-bond acceptors (Lipinski definition) is 1. The van der Waals surface area contributed by atoms with Crippen molar-refractivity contribution in [3.05, 3.63) is 52.3 Å². The summed E-state index contributed by atoms with van der Waals surface area (Å²) < 4.78 is 2.06. The number of halogens is 2. The minimum absolute atomic E-state index is 0.373. The Hall–Kier alpha value is -0.990. The Morgan fingerprint density at radius 2 is 2.00 bits per heavy atom. The van der Waals surface area contributed by atoms with Crippen LogP contribution in [0.3, 0.4) is 0 Å². The van der Waals surface area contributed by atoms with E-state index < -0.39 is 0 Å². The van der Waals surface area contributed by atoms with Crippen LogP contribution in [0.4, 0.5) is 0 Å². The van der Waals surface area contributed by atoms with Gasteiger partial charge in [-0.05, 0) is 50.3 Å². The first kappa shape index (κ1) is 15.4. The van der Waals surface area contributed by atoms with Crippen molar-refractivity contribution in [2.24, 2.45) is 5.92 Å². The molecule has 0 bridgehead atoms. The zero-order valence-electron chi connectivity index (χ0n) is 11.9. The molecule has 1 aromatic carbocycles. The summed E-state index contributed by atoms with van der Waals surface area (Å²) in [7, 11) is 0. The van der Waals surface area contributed by atoms with Crippen molar-refractivity contribution in [3.63, 3.8) is 0 Å². The number of aryl methyl sites for hydroxylation is 2. The maximum Gasteiger partial charge on any atom is 0.0596 e. The molecule has 2 aromatic rings. The minimum Gasteiger partial charge on any atom is -0.270 e. The largest absolute Gasteiger partial charge is 0.270 e. The van der Waals surface area contributed by atoms with Gasteiger partial charge in [0.05, 0.1) is 5.69 Å². The van der Waals surface area contributed by atoms with Gasteiger partial charge in [0.25, 0.3) is 0 Å². The standard InChI is InChI=1S/C16H20Cl2N2/c1-3-20-15(8-12(2)19-20)10-13(11-17)9-14-6-4-5-7-16(14)18/h4-8,13H,3,9-11H2,1-2H3. The van der Waals surface area contributed by atoms with E-state index >= 15 is 0 Å². The van der Waals surface area contributed by atoms with Gasteiger partial charge in [-0.15, -0.1) is 11.6 Å². The van der Waals surface area contributed by atoms with Crippen molar-refractivity contribution in [3.8, 4) is 0 Å². The molecule has 20 heavy (non-hydrogen) atoms. The number of nitrogens with zero attached hydrogens (tertiary/aromatic N) is 2. The van der Waals surface area contributed by atoms with Crippen molar-refractivity contribution in [2.45, 2.75) is 33.2 Å². The molecule has 0 radical (unpaired) electrons. The second kappa shape index (κ2) is 7.14. The van der Waals surface area contributed by atoms with Crippen molar-refractivity contribution in [1.29, 1.82) is 0 Å². The molecule has 1 heterocycles. The predicted octanol–water partition coefficient (Wildman–Crippen LogP) is 4.51. The van der Waals surface area contributed by atoms with Crippen LogP contribution < -0.4 is 0 Å². The molecule has 2 nitrogen and oxygen atoms in total. The fourth-order valence-electron chi connectivity index (χ4n) is 2.49. The number of aromatic nitrogens is 2. The first-order valence-corrected chi connectivity index (χ1v) is 7.88. The summed E-state index contributed by atoms with van der Waals surface area (Å²) in [6, 6.07) is 10.1. The highest BCUT2D eigenvalue weighted by Crippen LogP contribution is 2.22. The van der Waals surface area contributed by atoms with Crippen LogP contribution in [0.5, 0.6) is 0 Å². The maximum absolute atomic E-state index is 6.23. The molecule has 0 fully saturated rings. The molecule has 2 rings (SSSR count). The van der Waals surface area contributed by atoms with Crippen molar-refractivity contribution >= 4 is 23.2 Å². The molecule has 4 heteroatoms. The highest BCUT2D eigenvalue weighted by molar-refractivity contribution is 6.31. The third-order valence-electron chi connectivity index (χ3n) is 3.47. The Labute approximate surface area is 130 Å². The summed E-state index contributed by atoms with van der Waals surface area (Å²) in [5.41, 5.74) is 3.48. The van der Waals surface area contributed by atoms with Gasteiger partial charge < -0.3 is 0 Å². The Bertz CT molecular complexity index is 563. The average molecular weight is 311 g/mol. The third kappa shape index (κ3) is 3.77. The number of hydrogen-bond donors (Lipinski definition) is 0. The van der Waals surface area contributed by atoms with E-state index in [4.69, 9.17) is 23.2 Å². The van der Waals surface area contributed by atoms with E-state index in [9.17, 15) is 0 Å². The summed E-state index contributed by atoms with van der Waals surface area (Å²) in [5.74, 6) is 0.997. The summed E-state index contributed by atoms with van der Waals surface area (Å²) in [5, 5.41) is 5.31. The molecule has 108 valence electrons. The van der Waals surface area contributed by atoms with Gasteiger partial charge in [-0.1, -0.05) is 29.8 Å². The summed E-state index contributed by atoms with van der Waals surface area (Å²) in [6.45, 7) is 5.03. The van der Waals surface area contributed by atoms with Gasteiger partial charge in [-0.3, -0.25) is 4.68 Å². The molecule has 0 amide bonds. The molecule has 1 aromatic heterocycles. The van der Waals surface area contributed by atoms with Crippen LogP contribution in [0.1, 0.15) is 23.9 Å². The topological polar surface area (TPSA) is 17.8 Å². The van der Waals surface area contributed by atoms with Gasteiger partial charge >= 0.3 is 0 Å². The van der Waals surface area contributed by atoms with Crippen molar-refractivity contribution in [1.82, 2.24) is 9.78 Å². The zero-order valence-corrected chi connectivity index (χ0v) is 13.5. The second-order valence-electron chi connectivity index (χ2n) is 5.11. The quantitative estimate of drug-likeness (QED) is 0.718. The molecular formula is C16H20Cl2N2. The number of benzene rings is 1. The van der Waals surface area contributed by atoms with Crippen LogP contribution in [-0.4, -0.2) is 15.7 Å². The predicted molar refractivity (Wildman–Crippen MR) is 85.7 cm³/mol. The Morgan fingerprint density at radius 1 is 1.25 bits per heavy atom. The molecule has 0 spiro atoms. The lowest BCUT2D eigenvalue weighted by molar-refractivity contribution is 0.532. The van der Waals surface area contributed by atoms with Crippen LogP contribution in [0.2, 0.25) is 5.02 Å². The van der Waals surface area contributed by atoms with E-state index in [1.165, 1.54) is 11.3 Å². The summed E-state index contributed by atoms with van der Waals surface area (Å²) in [4.78, 5) is 0. The second-order valence-corrected chi connectivity index (χ2v) is 5.83. The highest BCUT2D eigenvalue weighted by atomic mass is 35.5. The molecule has 1 atom stereocenters. The van der Waals surface area contributed by atoms with E-state index in [-0.39, 0.29) is 0 Å². The summed E-state index contributed by atoms with van der Waals surface area (Å²) in [6.07, 6.45) is 1.83. The van der Waals surface area contributed by atoms with Gasteiger partial charge in [0.2, 0.25) is 0 Å². The SMILES string of the molecule is CCn1nc(C)cc1CC(CCl)Cc1ccccc1Cl. The van der Waals surface area contributed by atoms with Crippen LogP contribution in [0, 0.1) is 12.8 Å². The highest BCUT2D eigenvalue weighted by Gasteiger charge is 2.14. The molecule has 0 saturated heterocycles. The van der Waals surface area contributed by atoms with Crippen LogP contribution in [0.25, 0.3) is 0 Å². The lowest BCUT2D eigenvalue weighted by atomic mass is 9.96. The van der Waals surface area contributed by atoms with Crippen molar-refractivity contribution < 1.29 is 0 Å². The minimum atomic E-state index is 0.373. The number of rotatable bonds is 6. The Balaban J connectivity index is 2.11. The number of alkyl halides is 1. The maximum atomic E-state index is 6.23.